The number of aryl methyl sites for hydroxylation is 1. The van der Waals surface area contributed by atoms with Gasteiger partial charge in [-0.15, -0.1) is 0 Å². The molecule has 3 rings (SSSR count). The molecule has 1 amide bonds. The van der Waals surface area contributed by atoms with E-state index >= 15 is 0 Å². The molecule has 0 aliphatic carbocycles. The number of carbonyl (C=O) groups is 1. The van der Waals surface area contributed by atoms with Crippen molar-refractivity contribution in [3.8, 4) is 10.4 Å². The predicted octanol–water partition coefficient (Wildman–Crippen LogP) is 2.21. The molecule has 128 valence electrons. The zero-order valence-electron chi connectivity index (χ0n) is 13.6. The Labute approximate surface area is 148 Å². The molecule has 0 saturated carbocycles. The van der Waals surface area contributed by atoms with Gasteiger partial charge in [-0.25, -0.2) is 15.0 Å². The summed E-state index contributed by atoms with van der Waals surface area (Å²) in [4.78, 5) is 28.4. The summed E-state index contributed by atoms with van der Waals surface area (Å²) >= 11 is 1.54. The lowest BCUT2D eigenvalue weighted by Crippen LogP contribution is -2.21. The number of nitrogens with one attached hydrogen (secondary N) is 3. The Bertz CT molecular complexity index is 838. The van der Waals surface area contributed by atoms with Crippen LogP contribution in [0.1, 0.15) is 5.82 Å². The van der Waals surface area contributed by atoms with Gasteiger partial charge in [-0.05, 0) is 24.6 Å². The summed E-state index contributed by atoms with van der Waals surface area (Å²) < 4.78 is 0. The summed E-state index contributed by atoms with van der Waals surface area (Å²) in [5, 5.41) is 9.69. The molecule has 0 aromatic carbocycles. The van der Waals surface area contributed by atoms with Crippen LogP contribution >= 0.6 is 11.3 Å². The van der Waals surface area contributed by atoms with Crippen LogP contribution < -0.4 is 16.0 Å². The van der Waals surface area contributed by atoms with Crippen molar-refractivity contribution < 1.29 is 4.79 Å². The highest BCUT2D eigenvalue weighted by Crippen LogP contribution is 2.30. The predicted molar refractivity (Wildman–Crippen MR) is 98.0 cm³/mol. The van der Waals surface area contributed by atoms with Crippen molar-refractivity contribution in [2.45, 2.75) is 6.92 Å². The lowest BCUT2D eigenvalue weighted by atomic mass is 10.2. The number of pyridine rings is 1. The number of carbonyl (C=O) groups excluding carboxylic acids is 1. The molecule has 25 heavy (non-hydrogen) atoms. The second-order valence-corrected chi connectivity index (χ2v) is 6.11. The molecular weight excluding hydrogens is 338 g/mol. The maximum Gasteiger partial charge on any atom is 0.207 e. The lowest BCUT2D eigenvalue weighted by Gasteiger charge is -2.08. The number of aromatic nitrogens is 4. The van der Waals surface area contributed by atoms with Gasteiger partial charge in [-0.1, -0.05) is 11.3 Å². The molecule has 8 nitrogen and oxygen atoms in total. The van der Waals surface area contributed by atoms with Gasteiger partial charge in [0.15, 0.2) is 5.13 Å². The van der Waals surface area contributed by atoms with E-state index in [9.17, 15) is 4.79 Å². The Morgan fingerprint density at radius 1 is 1.16 bits per heavy atom. The number of thiazole rings is 1. The maximum absolute atomic E-state index is 10.2. The minimum absolute atomic E-state index is 0.525. The Kier molecular flexibility index (Phi) is 5.47. The van der Waals surface area contributed by atoms with E-state index in [2.05, 4.69) is 35.9 Å². The molecule has 3 heterocycles. The normalized spacial score (nSPS) is 10.3. The topological polar surface area (TPSA) is 105 Å². The van der Waals surface area contributed by atoms with Gasteiger partial charge in [-0.3, -0.25) is 9.78 Å². The van der Waals surface area contributed by atoms with E-state index in [1.165, 1.54) is 11.3 Å². The zero-order valence-corrected chi connectivity index (χ0v) is 14.4. The summed E-state index contributed by atoms with van der Waals surface area (Å²) in [5.41, 5.74) is 1.07. The average Bonchev–Trinajstić information content (AvgIpc) is 3.07. The second-order valence-electron chi connectivity index (χ2n) is 5.07. The summed E-state index contributed by atoms with van der Waals surface area (Å²) in [5.74, 6) is 1.99. The average molecular weight is 355 g/mol. The van der Waals surface area contributed by atoms with Gasteiger partial charge in [0.1, 0.15) is 17.5 Å². The molecule has 9 heteroatoms. The van der Waals surface area contributed by atoms with Crippen molar-refractivity contribution in [3.05, 3.63) is 42.6 Å². The van der Waals surface area contributed by atoms with Crippen molar-refractivity contribution >= 4 is 34.5 Å². The van der Waals surface area contributed by atoms with Crippen LogP contribution in [0.15, 0.2) is 36.8 Å². The molecule has 0 unspecified atom stereocenters. The summed E-state index contributed by atoms with van der Waals surface area (Å²) in [6, 6.07) is 5.70. The molecule has 0 fully saturated rings. The minimum atomic E-state index is 0.525. The second kappa shape index (κ2) is 8.15. The molecule has 0 radical (unpaired) electrons. The van der Waals surface area contributed by atoms with Crippen LogP contribution in [0.4, 0.5) is 16.8 Å². The Morgan fingerprint density at radius 2 is 1.96 bits per heavy atom. The van der Waals surface area contributed by atoms with Gasteiger partial charge >= 0.3 is 0 Å². The fourth-order valence-corrected chi connectivity index (χ4v) is 2.96. The fraction of sp³-hybridized carbons (Fsp3) is 0.188. The number of hydrogen-bond acceptors (Lipinski definition) is 8. The molecule has 3 aromatic heterocycles. The highest BCUT2D eigenvalue weighted by Gasteiger charge is 2.07. The first kappa shape index (κ1) is 16.8. The summed E-state index contributed by atoms with van der Waals surface area (Å²) in [7, 11) is 0. The maximum atomic E-state index is 10.2. The summed E-state index contributed by atoms with van der Waals surface area (Å²) in [6.45, 7) is 2.93. The van der Waals surface area contributed by atoms with Crippen LogP contribution in [0.3, 0.4) is 0 Å². The first-order valence-corrected chi connectivity index (χ1v) is 8.46. The van der Waals surface area contributed by atoms with Gasteiger partial charge in [0, 0.05) is 37.7 Å². The van der Waals surface area contributed by atoms with Crippen LogP contribution in [0.25, 0.3) is 10.4 Å². The molecule has 3 aromatic rings. The third kappa shape index (κ3) is 4.70. The van der Waals surface area contributed by atoms with Crippen molar-refractivity contribution in [2.24, 2.45) is 0 Å². The monoisotopic (exact) mass is 355 g/mol. The van der Waals surface area contributed by atoms with Crippen LogP contribution in [0.5, 0.6) is 0 Å². The number of amides is 1. The van der Waals surface area contributed by atoms with Gasteiger partial charge in [-0.2, -0.15) is 0 Å². The standard InChI is InChI=1S/C16H17N7OS/c1-11-21-14(19-7-6-18-10-24)8-15(22-11)23-16-20-9-13(25-16)12-2-4-17-5-3-12/h2-5,8-10H,6-7H2,1H3,(H,18,24)(H2,19,20,21,22,23). The Hall–Kier alpha value is -3.07. The number of hydrogen-bond donors (Lipinski definition) is 3. The largest absolute Gasteiger partial charge is 0.368 e. The van der Waals surface area contributed by atoms with E-state index in [0.29, 0.717) is 37.0 Å². The SMILES string of the molecule is Cc1nc(NCCNC=O)cc(Nc2ncc(-c3ccncc3)s2)n1. The van der Waals surface area contributed by atoms with E-state index in [-0.39, 0.29) is 0 Å². The Morgan fingerprint density at radius 3 is 2.76 bits per heavy atom. The van der Waals surface area contributed by atoms with Crippen molar-refractivity contribution in [1.82, 2.24) is 25.3 Å². The van der Waals surface area contributed by atoms with E-state index in [1.54, 1.807) is 18.5 Å². The van der Waals surface area contributed by atoms with Crippen LogP contribution in [-0.2, 0) is 4.79 Å². The molecule has 0 atom stereocenters. The zero-order chi connectivity index (χ0) is 17.5. The van der Waals surface area contributed by atoms with Gasteiger partial charge in [0.25, 0.3) is 0 Å². The van der Waals surface area contributed by atoms with Crippen molar-refractivity contribution in [1.29, 1.82) is 0 Å². The quantitative estimate of drug-likeness (QED) is 0.420. The number of rotatable bonds is 8. The lowest BCUT2D eigenvalue weighted by molar-refractivity contribution is -0.109. The van der Waals surface area contributed by atoms with E-state index in [4.69, 9.17) is 0 Å². The minimum Gasteiger partial charge on any atom is -0.368 e. The first-order chi connectivity index (χ1) is 12.2. The first-order valence-electron chi connectivity index (χ1n) is 7.64. The smallest absolute Gasteiger partial charge is 0.207 e. The van der Waals surface area contributed by atoms with Gasteiger partial charge < -0.3 is 16.0 Å². The van der Waals surface area contributed by atoms with Crippen LogP contribution in [0, 0.1) is 6.92 Å². The molecule has 3 N–H and O–H groups in total. The van der Waals surface area contributed by atoms with Crippen molar-refractivity contribution in [3.63, 3.8) is 0 Å². The number of anilines is 3. The van der Waals surface area contributed by atoms with Crippen LogP contribution in [0.2, 0.25) is 0 Å². The van der Waals surface area contributed by atoms with E-state index in [1.807, 2.05) is 25.3 Å². The molecule has 0 aliphatic heterocycles. The third-order valence-electron chi connectivity index (χ3n) is 3.20. The summed E-state index contributed by atoms with van der Waals surface area (Å²) in [6.07, 6.45) is 6.00. The molecule has 0 bridgehead atoms. The molecule has 0 aliphatic rings. The van der Waals surface area contributed by atoms with Gasteiger partial charge in [0.2, 0.25) is 6.41 Å². The fourth-order valence-electron chi connectivity index (χ4n) is 2.14. The molecular formula is C16H17N7OS. The third-order valence-corrected chi connectivity index (χ3v) is 4.16. The molecule has 0 spiro atoms. The highest BCUT2D eigenvalue weighted by atomic mass is 32.1. The molecule has 0 saturated heterocycles. The van der Waals surface area contributed by atoms with Crippen LogP contribution in [-0.4, -0.2) is 39.4 Å². The van der Waals surface area contributed by atoms with Crippen molar-refractivity contribution in [2.75, 3.05) is 23.7 Å². The number of nitrogens with zero attached hydrogens (tertiary/aromatic N) is 4. The highest BCUT2D eigenvalue weighted by molar-refractivity contribution is 7.18. The van der Waals surface area contributed by atoms with E-state index in [0.717, 1.165) is 15.6 Å². The Balaban J connectivity index is 1.69. The van der Waals surface area contributed by atoms with Gasteiger partial charge in [0.05, 0.1) is 4.88 Å². The van der Waals surface area contributed by atoms with E-state index < -0.39 is 0 Å².